The van der Waals surface area contributed by atoms with Gasteiger partial charge in [-0.3, -0.25) is 0 Å². The lowest BCUT2D eigenvalue weighted by atomic mass is 10.2. The number of hydrogen-bond acceptors (Lipinski definition) is 3. The first-order chi connectivity index (χ1) is 9.56. The molecule has 0 radical (unpaired) electrons. The average molecular weight is 293 g/mol. The number of carbonyl (C=O) groups is 1. The molecule has 1 N–H and O–H groups in total. The predicted octanol–water partition coefficient (Wildman–Crippen LogP) is 3.34. The summed E-state index contributed by atoms with van der Waals surface area (Å²) in [6.45, 7) is 4.16. The van der Waals surface area contributed by atoms with Crippen molar-refractivity contribution in [1.29, 1.82) is 0 Å². The fourth-order valence-corrected chi connectivity index (χ4v) is 3.58. The normalized spacial score (nSPS) is 21.4. The van der Waals surface area contributed by atoms with Gasteiger partial charge < -0.3 is 10.2 Å². The van der Waals surface area contributed by atoms with Gasteiger partial charge in [-0.25, -0.2) is 9.78 Å². The van der Waals surface area contributed by atoms with E-state index in [-0.39, 0.29) is 12.1 Å². The molecule has 110 valence electrons. The number of rotatable bonds is 5. The molecule has 0 saturated heterocycles. The number of urea groups is 1. The minimum Gasteiger partial charge on any atom is -0.328 e. The molecule has 2 saturated carbocycles. The van der Waals surface area contributed by atoms with Gasteiger partial charge in [0.25, 0.3) is 0 Å². The van der Waals surface area contributed by atoms with Crippen LogP contribution in [-0.2, 0) is 0 Å². The Morgan fingerprint density at radius 1 is 1.40 bits per heavy atom. The lowest BCUT2D eigenvalue weighted by Gasteiger charge is -2.27. The van der Waals surface area contributed by atoms with Crippen LogP contribution in [0.25, 0.3) is 0 Å². The third-order valence-electron chi connectivity index (χ3n) is 4.51. The predicted molar refractivity (Wildman–Crippen MR) is 80.8 cm³/mol. The van der Waals surface area contributed by atoms with Crippen molar-refractivity contribution in [3.63, 3.8) is 0 Å². The monoisotopic (exact) mass is 293 g/mol. The maximum atomic E-state index is 12.4. The zero-order chi connectivity index (χ0) is 14.3. The summed E-state index contributed by atoms with van der Waals surface area (Å²) in [5.41, 5.74) is 1.05. The molecule has 2 amide bonds. The number of amides is 2. The van der Waals surface area contributed by atoms with Gasteiger partial charge in [-0.15, -0.1) is 11.3 Å². The highest BCUT2D eigenvalue weighted by Gasteiger charge is 2.37. The Balaban J connectivity index is 1.65. The van der Waals surface area contributed by atoms with E-state index in [9.17, 15) is 4.79 Å². The Hall–Kier alpha value is -1.10. The van der Waals surface area contributed by atoms with Crippen LogP contribution in [0.4, 0.5) is 4.79 Å². The first kappa shape index (κ1) is 13.9. The second kappa shape index (κ2) is 5.35. The number of aromatic nitrogens is 1. The molecule has 0 aliphatic heterocycles. The van der Waals surface area contributed by atoms with Crippen molar-refractivity contribution < 1.29 is 4.79 Å². The first-order valence-electron chi connectivity index (χ1n) is 7.51. The Morgan fingerprint density at radius 2 is 2.05 bits per heavy atom. The van der Waals surface area contributed by atoms with Crippen molar-refractivity contribution in [3.05, 3.63) is 16.1 Å². The van der Waals surface area contributed by atoms with Crippen LogP contribution in [0, 0.1) is 18.8 Å². The molecule has 0 bridgehead atoms. The van der Waals surface area contributed by atoms with Crippen molar-refractivity contribution in [2.24, 2.45) is 11.8 Å². The van der Waals surface area contributed by atoms with Crippen LogP contribution in [0.5, 0.6) is 0 Å². The molecule has 3 rings (SSSR count). The van der Waals surface area contributed by atoms with Crippen LogP contribution < -0.4 is 5.32 Å². The molecule has 2 aliphatic rings. The fraction of sp³-hybridized carbons (Fsp3) is 0.733. The second-order valence-corrected chi connectivity index (χ2v) is 7.17. The van der Waals surface area contributed by atoms with Crippen molar-refractivity contribution in [1.82, 2.24) is 15.2 Å². The van der Waals surface area contributed by atoms with Crippen molar-refractivity contribution >= 4 is 17.4 Å². The van der Waals surface area contributed by atoms with Gasteiger partial charge in [0.15, 0.2) is 0 Å². The summed E-state index contributed by atoms with van der Waals surface area (Å²) in [4.78, 5) is 18.9. The lowest BCUT2D eigenvalue weighted by Crippen LogP contribution is -2.45. The number of aryl methyl sites for hydroxylation is 1. The largest absolute Gasteiger partial charge is 0.328 e. The molecule has 1 aromatic heterocycles. The maximum absolute atomic E-state index is 12.4. The summed E-state index contributed by atoms with van der Waals surface area (Å²) in [6, 6.07) is 0.497. The van der Waals surface area contributed by atoms with Crippen LogP contribution in [0.1, 0.15) is 49.4 Å². The Labute approximate surface area is 124 Å². The Morgan fingerprint density at radius 3 is 2.55 bits per heavy atom. The minimum atomic E-state index is 0.0501. The van der Waals surface area contributed by atoms with Crippen LogP contribution in [0.15, 0.2) is 5.38 Å². The van der Waals surface area contributed by atoms with Crippen LogP contribution in [0.3, 0.4) is 0 Å². The standard InChI is InChI=1S/C15H23N3OS/c1-9-8-20-14(16-9)13(12-6-7-12)17-15(19)18(3)10(2)11-4-5-11/h8,10-13H,4-7H2,1-3H3,(H,17,19)/t10-,13-/m0/s1. The smallest absolute Gasteiger partial charge is 0.317 e. The van der Waals surface area contributed by atoms with E-state index < -0.39 is 0 Å². The number of hydrogen-bond donors (Lipinski definition) is 1. The third kappa shape index (κ3) is 2.97. The summed E-state index contributed by atoms with van der Waals surface area (Å²) < 4.78 is 0. The minimum absolute atomic E-state index is 0.0501. The van der Waals surface area contributed by atoms with Crippen LogP contribution in [-0.4, -0.2) is 29.0 Å². The molecular weight excluding hydrogens is 270 g/mol. The van der Waals surface area contributed by atoms with Gasteiger partial charge in [0.1, 0.15) is 5.01 Å². The zero-order valence-electron chi connectivity index (χ0n) is 12.4. The van der Waals surface area contributed by atoms with Gasteiger partial charge in [0.05, 0.1) is 6.04 Å². The molecule has 0 aromatic carbocycles. The van der Waals surface area contributed by atoms with Gasteiger partial charge in [-0.2, -0.15) is 0 Å². The average Bonchev–Trinajstić information content (AvgIpc) is 3.32. The molecule has 20 heavy (non-hydrogen) atoms. The van der Waals surface area contributed by atoms with E-state index in [4.69, 9.17) is 0 Å². The molecule has 1 aromatic rings. The highest BCUT2D eigenvalue weighted by atomic mass is 32.1. The molecule has 2 atom stereocenters. The van der Waals surface area contributed by atoms with Gasteiger partial charge in [-0.05, 0) is 51.4 Å². The van der Waals surface area contributed by atoms with E-state index in [0.717, 1.165) is 10.7 Å². The van der Waals surface area contributed by atoms with E-state index in [1.54, 1.807) is 11.3 Å². The van der Waals surface area contributed by atoms with Gasteiger partial charge in [0.2, 0.25) is 0 Å². The first-order valence-corrected chi connectivity index (χ1v) is 8.39. The van der Waals surface area contributed by atoms with Crippen molar-refractivity contribution in [3.8, 4) is 0 Å². The molecule has 2 fully saturated rings. The molecule has 0 unspecified atom stereocenters. The van der Waals surface area contributed by atoms with Crippen LogP contribution >= 0.6 is 11.3 Å². The van der Waals surface area contributed by atoms with Crippen LogP contribution in [0.2, 0.25) is 0 Å². The topological polar surface area (TPSA) is 45.2 Å². The van der Waals surface area contributed by atoms with Gasteiger partial charge in [0, 0.05) is 24.2 Å². The highest BCUT2D eigenvalue weighted by molar-refractivity contribution is 7.09. The number of carbonyl (C=O) groups excluding carboxylic acids is 1. The van der Waals surface area contributed by atoms with E-state index >= 15 is 0 Å². The molecule has 0 spiro atoms. The summed E-state index contributed by atoms with van der Waals surface area (Å²) in [5, 5.41) is 6.33. The maximum Gasteiger partial charge on any atom is 0.317 e. The van der Waals surface area contributed by atoms with Gasteiger partial charge >= 0.3 is 6.03 Å². The fourth-order valence-electron chi connectivity index (χ4n) is 2.64. The van der Waals surface area contributed by atoms with Gasteiger partial charge in [-0.1, -0.05) is 0 Å². The lowest BCUT2D eigenvalue weighted by molar-refractivity contribution is 0.182. The SMILES string of the molecule is Cc1csc([C@@H](NC(=O)N(C)[C@@H](C)C2CC2)C2CC2)n1. The number of nitrogens with one attached hydrogen (secondary N) is 1. The summed E-state index contributed by atoms with van der Waals surface area (Å²) >= 11 is 1.66. The van der Waals surface area contributed by atoms with Crippen molar-refractivity contribution in [2.75, 3.05) is 7.05 Å². The summed E-state index contributed by atoms with van der Waals surface area (Å²) in [6.07, 6.45) is 4.92. The quantitative estimate of drug-likeness (QED) is 0.905. The zero-order valence-corrected chi connectivity index (χ0v) is 13.2. The van der Waals surface area contributed by atoms with Crippen molar-refractivity contribution in [2.45, 2.75) is 51.6 Å². The molecule has 5 heteroatoms. The highest BCUT2D eigenvalue weighted by Crippen LogP contribution is 2.42. The molecule has 2 aliphatic carbocycles. The molecular formula is C15H23N3OS. The summed E-state index contributed by atoms with van der Waals surface area (Å²) in [5.74, 6) is 1.28. The summed E-state index contributed by atoms with van der Waals surface area (Å²) in [7, 11) is 1.91. The van der Waals surface area contributed by atoms with E-state index in [2.05, 4.69) is 22.6 Å². The van der Waals surface area contributed by atoms with E-state index in [0.29, 0.717) is 17.9 Å². The van der Waals surface area contributed by atoms with E-state index in [1.807, 2.05) is 18.9 Å². The third-order valence-corrected chi connectivity index (χ3v) is 5.56. The van der Waals surface area contributed by atoms with E-state index in [1.165, 1.54) is 25.7 Å². The molecule has 1 heterocycles. The number of thiazole rings is 1. The second-order valence-electron chi connectivity index (χ2n) is 6.28. The number of nitrogens with zero attached hydrogens (tertiary/aromatic N) is 2. The Kier molecular flexibility index (Phi) is 3.71. The Bertz CT molecular complexity index is 493. The molecule has 4 nitrogen and oxygen atoms in total.